The number of H-pyrrole nitrogens is 1. The number of ether oxygens (including phenoxy) is 1. The number of carbonyl (C=O) groups is 1. The van der Waals surface area contributed by atoms with Gasteiger partial charge in [0.2, 0.25) is 0 Å². The van der Waals surface area contributed by atoms with Crippen LogP contribution in [0.3, 0.4) is 0 Å². The molecule has 78 valence electrons. The van der Waals surface area contributed by atoms with Crippen molar-refractivity contribution in [3.05, 3.63) is 17.2 Å². The highest BCUT2D eigenvalue weighted by Crippen LogP contribution is 2.08. The van der Waals surface area contributed by atoms with Crippen LogP contribution in [0, 0.1) is 4.77 Å². The smallest absolute Gasteiger partial charge is 0.422 e. The van der Waals surface area contributed by atoms with Crippen molar-refractivity contribution in [2.75, 3.05) is 6.61 Å². The minimum Gasteiger partial charge on any atom is -0.449 e. The predicted octanol–water partition coefficient (Wildman–Crippen LogP) is 1.49. The molecule has 7 heteroatoms. The summed E-state index contributed by atoms with van der Waals surface area (Å²) in [5.41, 5.74) is 0.844. The highest BCUT2D eigenvalue weighted by molar-refractivity contribution is 7.71. The largest absolute Gasteiger partial charge is 0.449 e. The number of rotatable bonds is 1. The van der Waals surface area contributed by atoms with Gasteiger partial charge in [-0.15, -0.1) is 0 Å². The number of aromatic amines is 1. The summed E-state index contributed by atoms with van der Waals surface area (Å²) in [5, 5.41) is 0. The van der Waals surface area contributed by atoms with Gasteiger partial charge in [0.15, 0.2) is 16.1 Å². The molecule has 0 fully saturated rings. The summed E-state index contributed by atoms with van der Waals surface area (Å²) in [6, 6.07) is 0. The fourth-order valence-corrected chi connectivity index (χ4v) is 1.45. The Hall–Kier alpha value is -1.76. The number of hydrogen-bond donors (Lipinski definition) is 1. The second-order valence-corrected chi connectivity index (χ2v) is 3.08. The lowest BCUT2D eigenvalue weighted by molar-refractivity contribution is 0.154. The summed E-state index contributed by atoms with van der Waals surface area (Å²) in [7, 11) is 0. The maximum absolute atomic E-state index is 11.5. The SMILES string of the molecule is CCOC(=O)n1c(=S)[nH]c2nccnc21. The Labute approximate surface area is 89.9 Å². The summed E-state index contributed by atoms with van der Waals surface area (Å²) in [6.07, 6.45) is 2.46. The molecule has 0 spiro atoms. The van der Waals surface area contributed by atoms with Crippen LogP contribution in [-0.4, -0.2) is 32.2 Å². The van der Waals surface area contributed by atoms with E-state index in [2.05, 4.69) is 15.0 Å². The Balaban J connectivity index is 2.64. The van der Waals surface area contributed by atoms with Crippen molar-refractivity contribution in [3.63, 3.8) is 0 Å². The van der Waals surface area contributed by atoms with E-state index in [-0.39, 0.29) is 11.4 Å². The highest BCUT2D eigenvalue weighted by Gasteiger charge is 2.13. The number of hydrogen-bond acceptors (Lipinski definition) is 5. The van der Waals surface area contributed by atoms with Crippen LogP contribution >= 0.6 is 12.2 Å². The van der Waals surface area contributed by atoms with E-state index in [4.69, 9.17) is 17.0 Å². The average molecular weight is 224 g/mol. The fourth-order valence-electron chi connectivity index (χ4n) is 1.19. The molecule has 0 aliphatic heterocycles. The van der Waals surface area contributed by atoms with Crippen molar-refractivity contribution in [2.24, 2.45) is 0 Å². The van der Waals surface area contributed by atoms with E-state index in [9.17, 15) is 4.79 Å². The molecule has 0 aliphatic rings. The third kappa shape index (κ3) is 1.61. The van der Waals surface area contributed by atoms with Crippen molar-refractivity contribution in [3.8, 4) is 0 Å². The second-order valence-electron chi connectivity index (χ2n) is 2.69. The summed E-state index contributed by atoms with van der Waals surface area (Å²) in [4.78, 5) is 22.3. The molecule has 0 amide bonds. The molecule has 2 aromatic rings. The van der Waals surface area contributed by atoms with Crippen LogP contribution in [-0.2, 0) is 4.74 Å². The van der Waals surface area contributed by atoms with Gasteiger partial charge in [0.25, 0.3) is 0 Å². The van der Waals surface area contributed by atoms with Crippen molar-refractivity contribution in [1.29, 1.82) is 0 Å². The maximum Gasteiger partial charge on any atom is 0.422 e. The van der Waals surface area contributed by atoms with Crippen LogP contribution in [0.1, 0.15) is 6.92 Å². The molecule has 0 saturated heterocycles. The van der Waals surface area contributed by atoms with Gasteiger partial charge in [0, 0.05) is 12.4 Å². The number of carbonyl (C=O) groups excluding carboxylic acids is 1. The molecule has 2 aromatic heterocycles. The molecular formula is C8H8N4O2S. The van der Waals surface area contributed by atoms with Gasteiger partial charge in [-0.1, -0.05) is 0 Å². The van der Waals surface area contributed by atoms with E-state index < -0.39 is 6.09 Å². The van der Waals surface area contributed by atoms with Gasteiger partial charge < -0.3 is 9.72 Å². The van der Waals surface area contributed by atoms with E-state index in [0.29, 0.717) is 11.3 Å². The monoisotopic (exact) mass is 224 g/mol. The molecule has 0 aliphatic carbocycles. The normalized spacial score (nSPS) is 10.5. The zero-order valence-electron chi connectivity index (χ0n) is 7.93. The molecule has 15 heavy (non-hydrogen) atoms. The number of nitrogens with zero attached hydrogens (tertiary/aromatic N) is 3. The summed E-state index contributed by atoms with van der Waals surface area (Å²) >= 11 is 4.97. The minimum absolute atomic E-state index is 0.231. The highest BCUT2D eigenvalue weighted by atomic mass is 32.1. The molecule has 1 N–H and O–H groups in total. The van der Waals surface area contributed by atoms with Gasteiger partial charge in [-0.25, -0.2) is 19.3 Å². The maximum atomic E-state index is 11.5. The van der Waals surface area contributed by atoms with Crippen molar-refractivity contribution < 1.29 is 9.53 Å². The van der Waals surface area contributed by atoms with Gasteiger partial charge in [-0.05, 0) is 19.1 Å². The van der Waals surface area contributed by atoms with E-state index >= 15 is 0 Å². The minimum atomic E-state index is -0.547. The standard InChI is InChI=1S/C8H8N4O2S/c1-2-14-8(13)12-6-5(11-7(12)15)9-3-4-10-6/h3-4H,2H2,1H3,(H,9,11,15). The van der Waals surface area contributed by atoms with Crippen LogP contribution in [0.4, 0.5) is 4.79 Å². The lowest BCUT2D eigenvalue weighted by Gasteiger charge is -2.01. The van der Waals surface area contributed by atoms with Crippen LogP contribution in [0.25, 0.3) is 11.3 Å². The fraction of sp³-hybridized carbons (Fsp3) is 0.250. The van der Waals surface area contributed by atoms with Crippen LogP contribution in [0.15, 0.2) is 12.4 Å². The van der Waals surface area contributed by atoms with Gasteiger partial charge in [-0.3, -0.25) is 0 Å². The molecular weight excluding hydrogens is 216 g/mol. The van der Waals surface area contributed by atoms with Gasteiger partial charge in [0.05, 0.1) is 6.61 Å². The zero-order valence-corrected chi connectivity index (χ0v) is 8.74. The summed E-state index contributed by atoms with van der Waals surface area (Å²) in [5.74, 6) is 0. The first-order valence-electron chi connectivity index (χ1n) is 4.33. The third-order valence-corrected chi connectivity index (χ3v) is 2.05. The first kappa shape index (κ1) is 9.78. The molecule has 2 rings (SSSR count). The lowest BCUT2D eigenvalue weighted by atomic mass is 10.6. The quantitative estimate of drug-likeness (QED) is 0.743. The molecule has 0 aromatic carbocycles. The predicted molar refractivity (Wildman–Crippen MR) is 55.1 cm³/mol. The Morgan fingerprint density at radius 1 is 1.60 bits per heavy atom. The summed E-state index contributed by atoms with van der Waals surface area (Å²) in [6.45, 7) is 2.01. The van der Waals surface area contributed by atoms with Crippen LogP contribution < -0.4 is 0 Å². The Morgan fingerprint density at radius 3 is 3.07 bits per heavy atom. The number of fused-ring (bicyclic) bond motifs is 1. The van der Waals surface area contributed by atoms with Gasteiger partial charge in [0.1, 0.15) is 0 Å². The third-order valence-electron chi connectivity index (χ3n) is 1.77. The second kappa shape index (κ2) is 3.77. The summed E-state index contributed by atoms with van der Waals surface area (Å²) < 4.78 is 6.26. The van der Waals surface area contributed by atoms with Crippen molar-refractivity contribution in [2.45, 2.75) is 6.92 Å². The molecule has 2 heterocycles. The van der Waals surface area contributed by atoms with E-state index in [1.807, 2.05) is 0 Å². The van der Waals surface area contributed by atoms with Crippen LogP contribution in [0.5, 0.6) is 0 Å². The van der Waals surface area contributed by atoms with E-state index in [1.54, 1.807) is 6.92 Å². The molecule has 0 unspecified atom stereocenters. The topological polar surface area (TPSA) is 72.8 Å². The van der Waals surface area contributed by atoms with Gasteiger partial charge >= 0.3 is 6.09 Å². The molecule has 6 nitrogen and oxygen atoms in total. The molecule has 0 bridgehead atoms. The van der Waals surface area contributed by atoms with E-state index in [1.165, 1.54) is 17.0 Å². The zero-order chi connectivity index (χ0) is 10.8. The number of aromatic nitrogens is 4. The van der Waals surface area contributed by atoms with Crippen molar-refractivity contribution in [1.82, 2.24) is 19.5 Å². The first-order chi connectivity index (χ1) is 7.24. The first-order valence-corrected chi connectivity index (χ1v) is 4.73. The Kier molecular flexibility index (Phi) is 2.46. The van der Waals surface area contributed by atoms with E-state index in [0.717, 1.165) is 0 Å². The Bertz CT molecular complexity index is 559. The number of imidazole rings is 1. The average Bonchev–Trinajstić information content (AvgIpc) is 2.54. The van der Waals surface area contributed by atoms with Gasteiger partial charge in [-0.2, -0.15) is 0 Å². The van der Waals surface area contributed by atoms with Crippen LogP contribution in [0.2, 0.25) is 0 Å². The lowest BCUT2D eigenvalue weighted by Crippen LogP contribution is -2.13. The molecule has 0 saturated carbocycles. The molecule has 0 atom stereocenters. The molecule has 0 radical (unpaired) electrons. The Morgan fingerprint density at radius 2 is 2.33 bits per heavy atom. The van der Waals surface area contributed by atoms with Crippen molar-refractivity contribution >= 4 is 29.6 Å². The number of nitrogens with one attached hydrogen (secondary N) is 1.